The summed E-state index contributed by atoms with van der Waals surface area (Å²) in [6.07, 6.45) is 9.22. The van der Waals surface area contributed by atoms with Crippen molar-refractivity contribution >= 4 is 5.91 Å². The van der Waals surface area contributed by atoms with Crippen LogP contribution in [0, 0.1) is 5.92 Å². The van der Waals surface area contributed by atoms with E-state index in [0.717, 1.165) is 37.9 Å². The van der Waals surface area contributed by atoms with Gasteiger partial charge in [0.25, 0.3) is 5.91 Å². The van der Waals surface area contributed by atoms with Crippen LogP contribution in [0.3, 0.4) is 0 Å². The van der Waals surface area contributed by atoms with Gasteiger partial charge in [0.1, 0.15) is 17.8 Å². The summed E-state index contributed by atoms with van der Waals surface area (Å²) in [5.74, 6) is 1.54. The molecule has 0 spiro atoms. The van der Waals surface area contributed by atoms with Crippen molar-refractivity contribution < 1.29 is 9.90 Å². The molecule has 0 aromatic carbocycles. The van der Waals surface area contributed by atoms with Crippen molar-refractivity contribution in [2.45, 2.75) is 69.4 Å². The summed E-state index contributed by atoms with van der Waals surface area (Å²) in [6.45, 7) is 3.13. The van der Waals surface area contributed by atoms with Crippen LogP contribution in [0.25, 0.3) is 0 Å². The topological polar surface area (TPSA) is 71.2 Å². The lowest BCUT2D eigenvalue weighted by atomic mass is 9.73. The van der Waals surface area contributed by atoms with Crippen molar-refractivity contribution in [3.63, 3.8) is 0 Å². The quantitative estimate of drug-likeness (QED) is 0.920. The van der Waals surface area contributed by atoms with E-state index >= 15 is 0 Å². The standard InChI is InChI=1S/C17H26N4O2/c1-17(23,13-3-2-4-13)16(22)20-9-7-12(8-10-20)15-19-18-11-21(15)14-5-6-14/h11-14,23H,2-10H2,1H3. The molecule has 1 N–H and O–H groups in total. The van der Waals surface area contributed by atoms with Gasteiger partial charge in [-0.25, -0.2) is 0 Å². The zero-order valence-electron chi connectivity index (χ0n) is 13.8. The van der Waals surface area contributed by atoms with Gasteiger partial charge in [-0.3, -0.25) is 4.79 Å². The van der Waals surface area contributed by atoms with E-state index in [1.165, 1.54) is 12.8 Å². The van der Waals surface area contributed by atoms with Crippen molar-refractivity contribution in [2.24, 2.45) is 5.92 Å². The molecule has 1 unspecified atom stereocenters. The third kappa shape index (κ3) is 2.67. The van der Waals surface area contributed by atoms with Gasteiger partial charge in [0.2, 0.25) is 0 Å². The first-order chi connectivity index (χ1) is 11.1. The van der Waals surface area contributed by atoms with Gasteiger partial charge in [-0.05, 0) is 51.4 Å². The molecule has 2 heterocycles. The molecular weight excluding hydrogens is 292 g/mol. The first-order valence-corrected chi connectivity index (χ1v) is 8.98. The van der Waals surface area contributed by atoms with E-state index in [4.69, 9.17) is 0 Å². The molecule has 1 aromatic heterocycles. The molecule has 6 heteroatoms. The zero-order chi connectivity index (χ0) is 16.0. The van der Waals surface area contributed by atoms with E-state index < -0.39 is 5.60 Å². The molecular formula is C17H26N4O2. The average molecular weight is 318 g/mol. The molecule has 3 fully saturated rings. The van der Waals surface area contributed by atoms with Crippen molar-refractivity contribution in [2.75, 3.05) is 13.1 Å². The molecule has 23 heavy (non-hydrogen) atoms. The maximum absolute atomic E-state index is 12.7. The Morgan fingerprint density at radius 3 is 2.48 bits per heavy atom. The van der Waals surface area contributed by atoms with Gasteiger partial charge < -0.3 is 14.6 Å². The molecule has 1 amide bonds. The molecule has 1 aliphatic heterocycles. The second kappa shape index (κ2) is 5.58. The summed E-state index contributed by atoms with van der Waals surface area (Å²) in [6, 6.07) is 0.596. The van der Waals surface area contributed by atoms with Crippen LogP contribution in [-0.2, 0) is 4.79 Å². The molecule has 0 radical (unpaired) electrons. The summed E-state index contributed by atoms with van der Waals surface area (Å²) in [5.41, 5.74) is -1.18. The monoisotopic (exact) mass is 318 g/mol. The highest BCUT2D eigenvalue weighted by Crippen LogP contribution is 2.40. The lowest BCUT2D eigenvalue weighted by Crippen LogP contribution is -2.55. The molecule has 1 saturated heterocycles. The molecule has 6 nitrogen and oxygen atoms in total. The fourth-order valence-electron chi connectivity index (χ4n) is 3.98. The summed E-state index contributed by atoms with van der Waals surface area (Å²) in [5, 5.41) is 19.0. The predicted molar refractivity (Wildman–Crippen MR) is 84.8 cm³/mol. The number of carbonyl (C=O) groups is 1. The number of likely N-dealkylation sites (tertiary alicyclic amines) is 1. The number of aromatic nitrogens is 3. The first kappa shape index (κ1) is 15.1. The molecule has 1 atom stereocenters. The molecule has 1 aromatic rings. The van der Waals surface area contributed by atoms with Gasteiger partial charge in [-0.2, -0.15) is 0 Å². The SMILES string of the molecule is CC(O)(C(=O)N1CCC(c2nncn2C2CC2)CC1)C1CCC1. The van der Waals surface area contributed by atoms with Gasteiger partial charge in [0.15, 0.2) is 0 Å². The summed E-state index contributed by atoms with van der Waals surface area (Å²) < 4.78 is 2.23. The number of aliphatic hydroxyl groups is 1. The molecule has 2 aliphatic carbocycles. The van der Waals surface area contributed by atoms with Crippen molar-refractivity contribution in [1.82, 2.24) is 19.7 Å². The van der Waals surface area contributed by atoms with Crippen LogP contribution < -0.4 is 0 Å². The minimum atomic E-state index is -1.18. The van der Waals surface area contributed by atoms with Crippen LogP contribution in [-0.4, -0.2) is 49.4 Å². The Hall–Kier alpha value is -1.43. The third-order valence-corrected chi connectivity index (χ3v) is 6.02. The lowest BCUT2D eigenvalue weighted by Gasteiger charge is -2.42. The smallest absolute Gasteiger partial charge is 0.254 e. The van der Waals surface area contributed by atoms with Crippen LogP contribution in [0.1, 0.15) is 69.7 Å². The van der Waals surface area contributed by atoms with E-state index in [-0.39, 0.29) is 11.8 Å². The maximum Gasteiger partial charge on any atom is 0.254 e. The third-order valence-electron chi connectivity index (χ3n) is 6.02. The Morgan fingerprint density at radius 1 is 1.22 bits per heavy atom. The maximum atomic E-state index is 12.7. The Balaban J connectivity index is 1.39. The zero-order valence-corrected chi connectivity index (χ0v) is 13.8. The Labute approximate surface area is 136 Å². The van der Waals surface area contributed by atoms with Crippen LogP contribution in [0.4, 0.5) is 0 Å². The van der Waals surface area contributed by atoms with Crippen LogP contribution >= 0.6 is 0 Å². The minimum absolute atomic E-state index is 0.0793. The lowest BCUT2D eigenvalue weighted by molar-refractivity contribution is -0.160. The van der Waals surface area contributed by atoms with Crippen molar-refractivity contribution in [3.05, 3.63) is 12.2 Å². The van der Waals surface area contributed by atoms with Crippen molar-refractivity contribution in [1.29, 1.82) is 0 Å². The molecule has 0 bridgehead atoms. The van der Waals surface area contributed by atoms with Gasteiger partial charge in [-0.1, -0.05) is 6.42 Å². The summed E-state index contributed by atoms with van der Waals surface area (Å²) >= 11 is 0. The second-order valence-electron chi connectivity index (χ2n) is 7.67. The van der Waals surface area contributed by atoms with E-state index in [9.17, 15) is 9.90 Å². The number of rotatable bonds is 4. The van der Waals surface area contributed by atoms with Crippen LogP contribution in [0.2, 0.25) is 0 Å². The van der Waals surface area contributed by atoms with E-state index in [2.05, 4.69) is 14.8 Å². The van der Waals surface area contributed by atoms with Crippen LogP contribution in [0.5, 0.6) is 0 Å². The average Bonchev–Trinajstić information content (AvgIpc) is 3.21. The Bertz CT molecular complexity index is 581. The number of carbonyl (C=O) groups excluding carboxylic acids is 1. The van der Waals surface area contributed by atoms with Crippen LogP contribution in [0.15, 0.2) is 6.33 Å². The van der Waals surface area contributed by atoms with E-state index in [1.807, 2.05) is 11.2 Å². The highest BCUT2D eigenvalue weighted by molar-refractivity contribution is 5.85. The predicted octanol–water partition coefficient (Wildman–Crippen LogP) is 1.87. The van der Waals surface area contributed by atoms with Gasteiger partial charge in [-0.15, -0.1) is 10.2 Å². The van der Waals surface area contributed by atoms with E-state index in [1.54, 1.807) is 6.92 Å². The Kier molecular flexibility index (Phi) is 3.67. The summed E-state index contributed by atoms with van der Waals surface area (Å²) in [4.78, 5) is 14.5. The molecule has 3 aliphatic rings. The number of hydrogen-bond donors (Lipinski definition) is 1. The molecule has 2 saturated carbocycles. The second-order valence-corrected chi connectivity index (χ2v) is 7.67. The van der Waals surface area contributed by atoms with Gasteiger partial charge in [0.05, 0.1) is 0 Å². The highest BCUT2D eigenvalue weighted by atomic mass is 16.3. The number of hydrogen-bond acceptors (Lipinski definition) is 4. The van der Waals surface area contributed by atoms with E-state index in [0.29, 0.717) is 25.0 Å². The normalized spacial score (nSPS) is 25.9. The molecule has 126 valence electrons. The number of amides is 1. The van der Waals surface area contributed by atoms with Gasteiger partial charge in [0, 0.05) is 25.0 Å². The number of piperidine rings is 1. The minimum Gasteiger partial charge on any atom is -0.380 e. The van der Waals surface area contributed by atoms with Crippen molar-refractivity contribution in [3.8, 4) is 0 Å². The fourth-order valence-corrected chi connectivity index (χ4v) is 3.98. The first-order valence-electron chi connectivity index (χ1n) is 8.98. The molecule has 4 rings (SSSR count). The Morgan fingerprint density at radius 2 is 1.91 bits per heavy atom. The largest absolute Gasteiger partial charge is 0.380 e. The fraction of sp³-hybridized carbons (Fsp3) is 0.824. The summed E-state index contributed by atoms with van der Waals surface area (Å²) in [7, 11) is 0. The van der Waals surface area contributed by atoms with Gasteiger partial charge >= 0.3 is 0 Å². The number of nitrogens with zero attached hydrogens (tertiary/aromatic N) is 4. The highest BCUT2D eigenvalue weighted by Gasteiger charge is 2.45.